The molecule has 0 amide bonds. The van der Waals surface area contributed by atoms with Gasteiger partial charge in [-0.25, -0.2) is 0 Å². The van der Waals surface area contributed by atoms with E-state index >= 15 is 0 Å². The predicted molar refractivity (Wildman–Crippen MR) is 124 cm³/mol. The largest absolute Gasteiger partial charge is 0.354 e. The number of H-pyrrole nitrogens is 1. The van der Waals surface area contributed by atoms with Crippen LogP contribution in [0, 0.1) is 0 Å². The Morgan fingerprint density at radius 1 is 1.03 bits per heavy atom. The zero-order valence-electron chi connectivity index (χ0n) is 18.2. The lowest BCUT2D eigenvalue weighted by Crippen LogP contribution is -2.26. The normalized spacial score (nSPS) is 15.6. The Bertz CT molecular complexity index is 1300. The summed E-state index contributed by atoms with van der Waals surface area (Å²) in [5.41, 5.74) is 6.97. The molecule has 2 N–H and O–H groups in total. The first-order valence-electron chi connectivity index (χ1n) is 11.0. The van der Waals surface area contributed by atoms with Crippen LogP contribution in [-0.4, -0.2) is 27.2 Å². The molecule has 3 aromatic heterocycles. The van der Waals surface area contributed by atoms with Crippen molar-refractivity contribution in [2.75, 3.05) is 13.1 Å². The van der Waals surface area contributed by atoms with E-state index in [0.717, 1.165) is 35.2 Å². The van der Waals surface area contributed by atoms with Crippen molar-refractivity contribution in [3.8, 4) is 11.3 Å². The van der Waals surface area contributed by atoms with Crippen molar-refractivity contribution in [1.82, 2.24) is 19.4 Å². The first-order valence-corrected chi connectivity index (χ1v) is 11.0. The van der Waals surface area contributed by atoms with Gasteiger partial charge in [0.2, 0.25) is 0 Å². The predicted octanol–water partition coefficient (Wildman–Crippen LogP) is 4.62. The van der Waals surface area contributed by atoms with Gasteiger partial charge in [-0.05, 0) is 67.1 Å². The van der Waals surface area contributed by atoms with Crippen LogP contribution in [0.1, 0.15) is 49.7 Å². The maximum Gasteiger partial charge on any atom is 0.274 e. The van der Waals surface area contributed by atoms with Crippen LogP contribution in [0.5, 0.6) is 0 Å². The molecule has 0 aliphatic carbocycles. The molecule has 156 valence electrons. The monoisotopic (exact) mass is 402 g/mol. The van der Waals surface area contributed by atoms with Crippen LogP contribution in [0.25, 0.3) is 33.1 Å². The van der Waals surface area contributed by atoms with E-state index in [-0.39, 0.29) is 5.56 Å². The van der Waals surface area contributed by atoms with E-state index in [1.54, 1.807) is 4.57 Å². The molecular weight excluding hydrogens is 372 g/mol. The summed E-state index contributed by atoms with van der Waals surface area (Å²) in [6.07, 6.45) is 6.36. The number of aromatic amines is 1. The summed E-state index contributed by atoms with van der Waals surface area (Å²) in [6.45, 7) is 6.71. The third kappa shape index (κ3) is 2.91. The second kappa shape index (κ2) is 7.17. The Hall–Kier alpha value is -2.79. The van der Waals surface area contributed by atoms with Crippen molar-refractivity contribution < 1.29 is 0 Å². The zero-order chi connectivity index (χ0) is 21.0. The summed E-state index contributed by atoms with van der Waals surface area (Å²) in [6, 6.07) is 9.00. The lowest BCUT2D eigenvalue weighted by Gasteiger charge is -2.23. The zero-order valence-corrected chi connectivity index (χ0v) is 18.2. The molecule has 0 atom stereocenters. The fraction of sp³-hybridized carbons (Fsp3) is 0.400. The molecule has 1 saturated heterocycles. The summed E-state index contributed by atoms with van der Waals surface area (Å²) in [4.78, 5) is 16.4. The van der Waals surface area contributed by atoms with Gasteiger partial charge in [0, 0.05) is 48.3 Å². The van der Waals surface area contributed by atoms with Crippen LogP contribution in [0.2, 0.25) is 0 Å². The Morgan fingerprint density at radius 3 is 2.53 bits per heavy atom. The lowest BCUT2D eigenvalue weighted by molar-refractivity contribution is 0.460. The highest BCUT2D eigenvalue weighted by molar-refractivity contribution is 6.00. The average Bonchev–Trinajstić information content (AvgIpc) is 3.32. The third-order valence-electron chi connectivity index (χ3n) is 6.73. The highest BCUT2D eigenvalue weighted by atomic mass is 16.1. The number of aromatic nitrogens is 3. The molecule has 30 heavy (non-hydrogen) atoms. The van der Waals surface area contributed by atoms with Gasteiger partial charge in [-0.1, -0.05) is 19.9 Å². The quantitative estimate of drug-likeness (QED) is 0.526. The van der Waals surface area contributed by atoms with Gasteiger partial charge >= 0.3 is 0 Å². The minimum absolute atomic E-state index is 0.0386. The number of aryl methyl sites for hydroxylation is 2. The topological polar surface area (TPSA) is 54.8 Å². The van der Waals surface area contributed by atoms with E-state index in [1.807, 2.05) is 31.1 Å². The summed E-state index contributed by atoms with van der Waals surface area (Å²) in [7, 11) is 3.78. The van der Waals surface area contributed by atoms with Crippen molar-refractivity contribution >= 4 is 21.8 Å². The molecule has 5 rings (SSSR count). The minimum atomic E-state index is 0.0386. The van der Waals surface area contributed by atoms with Gasteiger partial charge in [-0.2, -0.15) is 0 Å². The Morgan fingerprint density at radius 2 is 1.80 bits per heavy atom. The first kappa shape index (κ1) is 19.2. The smallest absolute Gasteiger partial charge is 0.274 e. The van der Waals surface area contributed by atoms with Crippen molar-refractivity contribution in [2.45, 2.75) is 38.5 Å². The Labute approximate surface area is 176 Å². The van der Waals surface area contributed by atoms with Gasteiger partial charge < -0.3 is 19.4 Å². The molecule has 1 aromatic carbocycles. The van der Waals surface area contributed by atoms with Gasteiger partial charge in [0.1, 0.15) is 5.52 Å². The second-order valence-corrected chi connectivity index (χ2v) is 9.05. The van der Waals surface area contributed by atoms with E-state index in [1.165, 1.54) is 34.9 Å². The van der Waals surface area contributed by atoms with Crippen molar-refractivity contribution in [2.24, 2.45) is 14.1 Å². The number of fused-ring (bicyclic) bond motifs is 2. The van der Waals surface area contributed by atoms with Gasteiger partial charge in [-0.3, -0.25) is 4.79 Å². The second-order valence-electron chi connectivity index (χ2n) is 9.05. The fourth-order valence-corrected chi connectivity index (χ4v) is 5.15. The van der Waals surface area contributed by atoms with Crippen LogP contribution in [0.3, 0.4) is 0 Å². The number of piperidine rings is 1. The maximum atomic E-state index is 12.7. The van der Waals surface area contributed by atoms with E-state index in [4.69, 9.17) is 0 Å². The number of hydrogen-bond donors (Lipinski definition) is 2. The van der Waals surface area contributed by atoms with Crippen molar-refractivity contribution in [1.29, 1.82) is 0 Å². The number of benzene rings is 1. The summed E-state index contributed by atoms with van der Waals surface area (Å²) in [5.74, 6) is 1.00. The molecule has 1 aliphatic heterocycles. The Kier molecular flexibility index (Phi) is 4.58. The van der Waals surface area contributed by atoms with Gasteiger partial charge in [0.25, 0.3) is 5.56 Å². The molecule has 0 spiro atoms. The van der Waals surface area contributed by atoms with Gasteiger partial charge in [-0.15, -0.1) is 0 Å². The van der Waals surface area contributed by atoms with E-state index in [9.17, 15) is 4.79 Å². The summed E-state index contributed by atoms with van der Waals surface area (Å²) >= 11 is 0. The fourth-order valence-electron chi connectivity index (χ4n) is 5.15. The SMILES string of the molecule is CC(C)c1c(-c2cn(C)c(=O)c3c2ccn3C)[nH]c2ccc(C3CCNCC3)cc12. The standard InChI is InChI=1S/C25H30N4O/c1-15(2)22-19-13-17(16-7-10-26-11-8-16)5-6-21(19)27-23(22)20-14-29(4)25(30)24-18(20)9-12-28(24)3/h5-6,9,12-16,26-27H,7-8,10-11H2,1-4H3. The van der Waals surface area contributed by atoms with Crippen LogP contribution < -0.4 is 10.9 Å². The highest BCUT2D eigenvalue weighted by Crippen LogP contribution is 2.39. The summed E-state index contributed by atoms with van der Waals surface area (Å²) in [5, 5.41) is 5.79. The summed E-state index contributed by atoms with van der Waals surface area (Å²) < 4.78 is 3.63. The number of rotatable bonds is 3. The van der Waals surface area contributed by atoms with E-state index < -0.39 is 0 Å². The molecule has 5 heteroatoms. The van der Waals surface area contributed by atoms with Crippen molar-refractivity contribution in [3.63, 3.8) is 0 Å². The first-order chi connectivity index (χ1) is 14.5. The molecule has 0 unspecified atom stereocenters. The van der Waals surface area contributed by atoms with Crippen LogP contribution in [0.4, 0.5) is 0 Å². The molecule has 0 bridgehead atoms. The molecule has 0 saturated carbocycles. The molecule has 1 aliphatic rings. The third-order valence-corrected chi connectivity index (χ3v) is 6.73. The molecule has 1 fully saturated rings. The van der Waals surface area contributed by atoms with Crippen LogP contribution in [0.15, 0.2) is 41.5 Å². The number of nitrogens with one attached hydrogen (secondary N) is 2. The lowest BCUT2D eigenvalue weighted by atomic mass is 9.88. The maximum absolute atomic E-state index is 12.7. The van der Waals surface area contributed by atoms with Gasteiger partial charge in [0.05, 0.1) is 5.69 Å². The highest BCUT2D eigenvalue weighted by Gasteiger charge is 2.22. The Balaban J connectivity index is 1.76. The van der Waals surface area contributed by atoms with Gasteiger partial charge in [0.15, 0.2) is 0 Å². The molecule has 5 nitrogen and oxygen atoms in total. The van der Waals surface area contributed by atoms with Crippen LogP contribution in [-0.2, 0) is 14.1 Å². The minimum Gasteiger partial charge on any atom is -0.354 e. The molecule has 0 radical (unpaired) electrons. The number of hydrogen-bond acceptors (Lipinski definition) is 2. The molecule has 4 aromatic rings. The van der Waals surface area contributed by atoms with Crippen LogP contribution >= 0.6 is 0 Å². The molecule has 4 heterocycles. The van der Waals surface area contributed by atoms with E-state index in [0.29, 0.717) is 11.8 Å². The number of nitrogens with zero attached hydrogens (tertiary/aromatic N) is 2. The number of pyridine rings is 1. The van der Waals surface area contributed by atoms with Crippen molar-refractivity contribution in [3.05, 3.63) is 58.1 Å². The average molecular weight is 403 g/mol. The van der Waals surface area contributed by atoms with E-state index in [2.05, 4.69) is 48.4 Å². The molecular formula is C25H30N4O.